The molecule has 0 fully saturated rings. The Labute approximate surface area is 231 Å². The van der Waals surface area contributed by atoms with Crippen LogP contribution in [0.25, 0.3) is 11.3 Å². The van der Waals surface area contributed by atoms with Crippen molar-refractivity contribution >= 4 is 35.6 Å². The SMILES string of the molecule is CNc1ncn([C@@H](C)C(=O)Nc2cccc(-c3cnc(C(F)(F)F)c(C)c3)n2)c1C(=O)N(C=O)CC1=CC(C)=[N+]1[O-]. The van der Waals surface area contributed by atoms with Gasteiger partial charge in [0.25, 0.3) is 5.91 Å². The molecule has 0 saturated carbocycles. The van der Waals surface area contributed by atoms with Gasteiger partial charge in [0.2, 0.25) is 18.0 Å². The fraction of sp³-hybridized carbons (Fsp3) is 0.269. The summed E-state index contributed by atoms with van der Waals surface area (Å²) in [6.45, 7) is 4.11. The van der Waals surface area contributed by atoms with Crippen LogP contribution in [0.3, 0.4) is 0 Å². The highest BCUT2D eigenvalue weighted by Crippen LogP contribution is 2.32. The molecule has 3 aromatic heterocycles. The van der Waals surface area contributed by atoms with E-state index >= 15 is 0 Å². The van der Waals surface area contributed by atoms with Gasteiger partial charge in [-0.1, -0.05) is 6.07 Å². The van der Waals surface area contributed by atoms with Crippen molar-refractivity contribution in [3.05, 3.63) is 70.7 Å². The first-order valence-corrected chi connectivity index (χ1v) is 12.2. The number of aryl methyl sites for hydroxylation is 1. The minimum atomic E-state index is -4.59. The van der Waals surface area contributed by atoms with Crippen LogP contribution in [0.2, 0.25) is 0 Å². The number of carbonyl (C=O) groups is 3. The van der Waals surface area contributed by atoms with Crippen molar-refractivity contribution in [1.82, 2.24) is 24.4 Å². The van der Waals surface area contributed by atoms with Gasteiger partial charge >= 0.3 is 6.18 Å². The highest BCUT2D eigenvalue weighted by molar-refractivity contribution is 6.03. The maximum atomic E-state index is 13.3. The van der Waals surface area contributed by atoms with E-state index in [9.17, 15) is 32.8 Å². The Balaban J connectivity index is 1.55. The molecule has 0 radical (unpaired) electrons. The van der Waals surface area contributed by atoms with Gasteiger partial charge in [0, 0.05) is 25.7 Å². The number of nitrogens with one attached hydrogen (secondary N) is 2. The van der Waals surface area contributed by atoms with Crippen LogP contribution >= 0.6 is 0 Å². The Morgan fingerprint density at radius 1 is 1.24 bits per heavy atom. The molecule has 3 aromatic rings. The van der Waals surface area contributed by atoms with Gasteiger partial charge in [0.15, 0.2) is 17.2 Å². The van der Waals surface area contributed by atoms with Crippen LogP contribution < -0.4 is 10.6 Å². The van der Waals surface area contributed by atoms with Gasteiger partial charge in [-0.3, -0.25) is 24.3 Å². The van der Waals surface area contributed by atoms with Crippen molar-refractivity contribution < 1.29 is 32.3 Å². The molecule has 2 N–H and O–H groups in total. The fourth-order valence-corrected chi connectivity index (χ4v) is 4.18. The largest absolute Gasteiger partial charge is 0.618 e. The molecule has 1 aliphatic rings. The van der Waals surface area contributed by atoms with E-state index in [2.05, 4.69) is 25.6 Å². The lowest BCUT2D eigenvalue weighted by Gasteiger charge is -2.22. The summed E-state index contributed by atoms with van der Waals surface area (Å²) in [7, 11) is 1.51. The second-order valence-electron chi connectivity index (χ2n) is 9.17. The maximum Gasteiger partial charge on any atom is 0.433 e. The molecule has 4 heterocycles. The Hall–Kier alpha value is -5.08. The van der Waals surface area contributed by atoms with Crippen molar-refractivity contribution in [2.45, 2.75) is 33.0 Å². The third-order valence-electron chi connectivity index (χ3n) is 6.35. The Kier molecular flexibility index (Phi) is 7.89. The van der Waals surface area contributed by atoms with Crippen LogP contribution in [0.4, 0.5) is 24.8 Å². The predicted octanol–water partition coefficient (Wildman–Crippen LogP) is 3.38. The molecule has 15 heteroatoms. The molecule has 0 aromatic carbocycles. The smallest absolute Gasteiger partial charge is 0.433 e. The lowest BCUT2D eigenvalue weighted by atomic mass is 10.1. The number of imide groups is 1. The number of carbonyl (C=O) groups excluding carboxylic acids is 3. The zero-order valence-electron chi connectivity index (χ0n) is 22.4. The van der Waals surface area contributed by atoms with Crippen LogP contribution in [-0.4, -0.2) is 66.7 Å². The standard InChI is InChI=1S/C26H25F3N8O4/c1-14-8-17(10-31-22(14)26(27,28)29)19-6-5-7-20(33-19)34-24(39)16(3)36-12-32-23(30-4)21(36)25(40)35(13-38)11-18-9-15(2)37(18)41/h5-10,12-13,16,30H,11H2,1-4H3,(H,33,34,39)/t16-/m0/s1. The molecule has 1 atom stereocenters. The Morgan fingerprint density at radius 3 is 2.56 bits per heavy atom. The number of imidazole rings is 1. The first-order valence-electron chi connectivity index (χ1n) is 12.2. The normalized spacial score (nSPS) is 13.7. The summed E-state index contributed by atoms with van der Waals surface area (Å²) < 4.78 is 41.1. The molecular weight excluding hydrogens is 545 g/mol. The van der Waals surface area contributed by atoms with E-state index in [-0.39, 0.29) is 40.8 Å². The topological polar surface area (TPSA) is 148 Å². The molecule has 3 amide bonds. The quantitative estimate of drug-likeness (QED) is 0.226. The maximum absolute atomic E-state index is 13.3. The zero-order chi connectivity index (χ0) is 30.1. The molecule has 12 nitrogen and oxygen atoms in total. The first-order chi connectivity index (χ1) is 19.3. The summed E-state index contributed by atoms with van der Waals surface area (Å²) in [6, 6.07) is 4.90. The highest BCUT2D eigenvalue weighted by atomic mass is 19.4. The summed E-state index contributed by atoms with van der Waals surface area (Å²) in [5.41, 5.74) is 0.0908. The van der Waals surface area contributed by atoms with E-state index in [1.165, 1.54) is 43.9 Å². The Morgan fingerprint density at radius 2 is 1.98 bits per heavy atom. The average molecular weight is 571 g/mol. The minimum absolute atomic E-state index is 0.0771. The second kappa shape index (κ2) is 11.2. The first kappa shape index (κ1) is 28.9. The van der Waals surface area contributed by atoms with E-state index in [1.807, 2.05) is 0 Å². The van der Waals surface area contributed by atoms with Gasteiger partial charge in [0.05, 0.1) is 18.1 Å². The number of hydrogen-bond acceptors (Lipinski definition) is 8. The average Bonchev–Trinajstić information content (AvgIpc) is 3.37. The van der Waals surface area contributed by atoms with Gasteiger partial charge in [0.1, 0.15) is 24.1 Å². The number of alkyl halides is 3. The summed E-state index contributed by atoms with van der Waals surface area (Å²) in [5, 5.41) is 17.3. The van der Waals surface area contributed by atoms with Gasteiger partial charge < -0.3 is 20.4 Å². The molecule has 0 bridgehead atoms. The van der Waals surface area contributed by atoms with E-state index in [1.54, 1.807) is 25.1 Å². The number of hydrogen-bond donors (Lipinski definition) is 2. The third-order valence-corrected chi connectivity index (χ3v) is 6.35. The number of pyridine rings is 2. The van der Waals surface area contributed by atoms with E-state index in [0.717, 1.165) is 11.1 Å². The molecule has 0 aliphatic carbocycles. The van der Waals surface area contributed by atoms with Crippen molar-refractivity contribution in [1.29, 1.82) is 0 Å². The molecule has 0 spiro atoms. The van der Waals surface area contributed by atoms with E-state index in [4.69, 9.17) is 0 Å². The van der Waals surface area contributed by atoms with Crippen LogP contribution in [0.15, 0.2) is 48.6 Å². The van der Waals surface area contributed by atoms with Gasteiger partial charge in [-0.05, 0) is 37.6 Å². The fourth-order valence-electron chi connectivity index (χ4n) is 4.18. The molecule has 4 rings (SSSR count). The number of aromatic nitrogens is 4. The van der Waals surface area contributed by atoms with Crippen LogP contribution in [0.1, 0.15) is 41.6 Å². The molecule has 0 saturated heterocycles. The van der Waals surface area contributed by atoms with E-state index < -0.39 is 29.7 Å². The monoisotopic (exact) mass is 570 g/mol. The van der Waals surface area contributed by atoms with Crippen LogP contribution in [0, 0.1) is 12.1 Å². The van der Waals surface area contributed by atoms with Gasteiger partial charge in [-0.15, -0.1) is 0 Å². The number of halogens is 3. The van der Waals surface area contributed by atoms with Crippen molar-refractivity contribution in [3.8, 4) is 11.3 Å². The van der Waals surface area contributed by atoms with Crippen molar-refractivity contribution in [2.24, 2.45) is 0 Å². The minimum Gasteiger partial charge on any atom is -0.618 e. The molecular formula is C26H25F3N8O4. The van der Waals surface area contributed by atoms with Crippen LogP contribution in [0.5, 0.6) is 0 Å². The lowest BCUT2D eigenvalue weighted by Crippen LogP contribution is -2.38. The van der Waals surface area contributed by atoms with Crippen molar-refractivity contribution in [2.75, 3.05) is 24.2 Å². The summed E-state index contributed by atoms with van der Waals surface area (Å²) in [6.07, 6.45) is -0.439. The zero-order valence-corrected chi connectivity index (χ0v) is 22.4. The van der Waals surface area contributed by atoms with Gasteiger partial charge in [-0.25, -0.2) is 9.97 Å². The molecule has 214 valence electrons. The Bertz CT molecular complexity index is 1600. The number of allylic oxidation sites excluding steroid dienone is 1. The number of amides is 3. The third kappa shape index (κ3) is 5.78. The highest BCUT2D eigenvalue weighted by Gasteiger charge is 2.34. The molecule has 1 aliphatic heterocycles. The lowest BCUT2D eigenvalue weighted by molar-refractivity contribution is -0.416. The number of hydroxylamine groups is 1. The predicted molar refractivity (Wildman–Crippen MR) is 142 cm³/mol. The summed E-state index contributed by atoms with van der Waals surface area (Å²) in [4.78, 5) is 51.0. The number of nitrogens with zero attached hydrogens (tertiary/aromatic N) is 6. The van der Waals surface area contributed by atoms with E-state index in [0.29, 0.717) is 22.4 Å². The van der Waals surface area contributed by atoms with Crippen molar-refractivity contribution in [3.63, 3.8) is 0 Å². The summed E-state index contributed by atoms with van der Waals surface area (Å²) >= 11 is 0. The number of anilines is 2. The van der Waals surface area contributed by atoms with Gasteiger partial charge in [-0.2, -0.15) is 17.9 Å². The number of rotatable bonds is 9. The second-order valence-corrected chi connectivity index (χ2v) is 9.17. The van der Waals surface area contributed by atoms with Crippen LogP contribution in [-0.2, 0) is 15.8 Å². The molecule has 41 heavy (non-hydrogen) atoms. The summed E-state index contributed by atoms with van der Waals surface area (Å²) in [5.74, 6) is -1.17. The molecule has 0 unspecified atom stereocenters.